The van der Waals surface area contributed by atoms with E-state index in [4.69, 9.17) is 14.2 Å². The number of rotatable bonds is 10. The topological polar surface area (TPSA) is 155 Å². The molecule has 3 heterocycles. The third-order valence-corrected chi connectivity index (χ3v) is 12.5. The van der Waals surface area contributed by atoms with Crippen molar-refractivity contribution in [1.82, 2.24) is 10.2 Å². The van der Waals surface area contributed by atoms with Gasteiger partial charge in [0.05, 0.1) is 37.5 Å². The van der Waals surface area contributed by atoms with Gasteiger partial charge in [-0.1, -0.05) is 115 Å². The Morgan fingerprint density at radius 2 is 1.38 bits per heavy atom. The summed E-state index contributed by atoms with van der Waals surface area (Å²) in [4.78, 5) is 63.2. The second-order valence-electron chi connectivity index (χ2n) is 16.2. The van der Waals surface area contributed by atoms with Crippen molar-refractivity contribution in [3.63, 3.8) is 0 Å². The Morgan fingerprint density at radius 3 is 2.05 bits per heavy atom. The number of ether oxygens (including phenoxy) is 3. The molecule has 3 N–H and O–H groups in total. The Morgan fingerprint density at radius 1 is 0.754 bits per heavy atom. The highest BCUT2D eigenvalue weighted by molar-refractivity contribution is 6.24. The van der Waals surface area contributed by atoms with Crippen molar-refractivity contribution >= 4 is 29.6 Å². The molecule has 326 valence electrons. The number of carboxylic acids is 1. The summed E-state index contributed by atoms with van der Waals surface area (Å²) in [5.74, 6) is 2.45. The number of urea groups is 1. The lowest BCUT2D eigenvalue weighted by Crippen LogP contribution is -2.54. The number of fused-ring (bicyclic) bond motifs is 3. The van der Waals surface area contributed by atoms with Crippen LogP contribution in [0, 0.1) is 17.8 Å². The normalized spacial score (nSPS) is 22.5. The van der Waals surface area contributed by atoms with E-state index in [0.717, 1.165) is 10.5 Å². The average molecular weight is 868 g/mol. The smallest absolute Gasteiger partial charge is 0.329 e. The van der Waals surface area contributed by atoms with Crippen LogP contribution in [0.2, 0.25) is 0 Å². The van der Waals surface area contributed by atoms with Gasteiger partial charge in [-0.25, -0.2) is 9.69 Å². The van der Waals surface area contributed by atoms with E-state index in [9.17, 15) is 24.6 Å². The lowest BCUT2D eigenvalue weighted by molar-refractivity contribution is -0.179. The molecule has 7 atom stereocenters. The number of carbonyl (C=O) groups excluding carboxylic acids is 3. The number of benzene rings is 6. The fourth-order valence-electron chi connectivity index (χ4n) is 9.80. The Labute approximate surface area is 376 Å². The van der Waals surface area contributed by atoms with Gasteiger partial charge in [-0.3, -0.25) is 19.3 Å². The number of carboxylic acid groups (broad SMARTS) is 1. The zero-order chi connectivity index (χ0) is 45.2. The van der Waals surface area contributed by atoms with Crippen LogP contribution in [0.15, 0.2) is 158 Å². The van der Waals surface area contributed by atoms with Crippen molar-refractivity contribution in [2.45, 2.75) is 42.6 Å². The van der Waals surface area contributed by atoms with Crippen LogP contribution in [0.25, 0.3) is 0 Å². The number of cyclic esters (lactones) is 1. The van der Waals surface area contributed by atoms with Crippen LogP contribution in [0.4, 0.5) is 10.5 Å². The van der Waals surface area contributed by atoms with E-state index in [-0.39, 0.29) is 24.5 Å². The Hall–Kier alpha value is -7.72. The zero-order valence-electron chi connectivity index (χ0n) is 35.5. The van der Waals surface area contributed by atoms with Gasteiger partial charge >= 0.3 is 18.0 Å². The molecule has 12 nitrogen and oxygen atoms in total. The number of aliphatic hydroxyl groups is 1. The maximum absolute atomic E-state index is 16.2. The number of aliphatic hydroxyl groups excluding tert-OH is 1. The minimum Gasteiger partial charge on any atom is -0.497 e. The summed E-state index contributed by atoms with van der Waals surface area (Å²) in [6, 6.07) is 41.9. The van der Waals surface area contributed by atoms with Gasteiger partial charge in [0.2, 0.25) is 5.91 Å². The van der Waals surface area contributed by atoms with Crippen LogP contribution in [0.1, 0.15) is 70.1 Å². The van der Waals surface area contributed by atoms with Crippen LogP contribution >= 0.6 is 0 Å². The first-order chi connectivity index (χ1) is 31.6. The maximum atomic E-state index is 16.2. The molecule has 6 aromatic rings. The number of nitrogens with zero attached hydrogens (tertiary/aromatic N) is 2. The molecule has 2 saturated heterocycles. The number of carbonyl (C=O) groups is 4. The van der Waals surface area contributed by atoms with Gasteiger partial charge in [0.25, 0.3) is 0 Å². The number of imide groups is 1. The molecule has 3 amide bonds. The van der Waals surface area contributed by atoms with E-state index in [1.54, 1.807) is 80.8 Å². The maximum Gasteiger partial charge on any atom is 0.329 e. The van der Waals surface area contributed by atoms with Gasteiger partial charge in [0.1, 0.15) is 41.6 Å². The van der Waals surface area contributed by atoms with Crippen molar-refractivity contribution in [3.8, 4) is 23.3 Å². The number of aliphatic carboxylic acids is 1. The number of morpholine rings is 1. The molecule has 0 aliphatic carbocycles. The number of hydrogen-bond donors (Lipinski definition) is 3. The minimum atomic E-state index is -2.16. The Bertz CT molecular complexity index is 2810. The molecule has 1 spiro atoms. The van der Waals surface area contributed by atoms with Gasteiger partial charge in [-0.15, -0.1) is 0 Å². The van der Waals surface area contributed by atoms with Crippen LogP contribution in [0.5, 0.6) is 11.5 Å². The SMILES string of the molecule is COc1ccc(C#Cc2ccc3c(c2)C2(C(=O)N3C(=O)N[C@H](C)c3ccccc3)[C@H](c3cccc(OCCO)c3)N3C(C(=O)O[C@@H](c4ccccc4)[C@H]3c3ccccc3)[C@@H]2C(=O)O)cc1. The van der Waals surface area contributed by atoms with E-state index in [1.807, 2.05) is 95.9 Å². The van der Waals surface area contributed by atoms with Crippen LogP contribution in [-0.2, 0) is 24.5 Å². The van der Waals surface area contributed by atoms with Crippen molar-refractivity contribution in [3.05, 3.63) is 197 Å². The number of esters is 1. The Kier molecular flexibility index (Phi) is 11.7. The number of nitrogens with one attached hydrogen (secondary N) is 1. The van der Waals surface area contributed by atoms with E-state index < -0.39 is 65.5 Å². The lowest BCUT2D eigenvalue weighted by atomic mass is 9.65. The summed E-state index contributed by atoms with van der Waals surface area (Å²) < 4.78 is 17.6. The fourth-order valence-corrected chi connectivity index (χ4v) is 9.80. The molecule has 0 radical (unpaired) electrons. The summed E-state index contributed by atoms with van der Waals surface area (Å²) >= 11 is 0. The van der Waals surface area contributed by atoms with E-state index in [1.165, 1.54) is 0 Å². The molecule has 0 saturated carbocycles. The summed E-state index contributed by atoms with van der Waals surface area (Å²) in [6.07, 6.45) is -0.952. The number of hydrogen-bond acceptors (Lipinski definition) is 9. The molecule has 2 unspecified atom stereocenters. The zero-order valence-corrected chi connectivity index (χ0v) is 35.5. The Balaban J connectivity index is 1.32. The van der Waals surface area contributed by atoms with Crippen LogP contribution in [0.3, 0.4) is 0 Å². The lowest BCUT2D eigenvalue weighted by Gasteiger charge is -2.46. The minimum absolute atomic E-state index is 0.0378. The van der Waals surface area contributed by atoms with E-state index in [0.29, 0.717) is 39.3 Å². The highest BCUT2D eigenvalue weighted by Crippen LogP contribution is 2.66. The first kappa shape index (κ1) is 42.6. The molecule has 0 bridgehead atoms. The molecule has 12 heteroatoms. The quantitative estimate of drug-likeness (QED) is 0.0923. The van der Waals surface area contributed by atoms with E-state index in [2.05, 4.69) is 17.2 Å². The van der Waals surface area contributed by atoms with Gasteiger partial charge in [0, 0.05) is 11.1 Å². The molecular formula is C53H45N3O9. The van der Waals surface area contributed by atoms with Gasteiger partial charge in [0.15, 0.2) is 0 Å². The van der Waals surface area contributed by atoms with Gasteiger partial charge in [-0.05, 0) is 89.3 Å². The first-order valence-corrected chi connectivity index (χ1v) is 21.3. The molecule has 6 aromatic carbocycles. The second kappa shape index (κ2) is 17.8. The largest absolute Gasteiger partial charge is 0.497 e. The highest BCUT2D eigenvalue weighted by atomic mass is 16.6. The van der Waals surface area contributed by atoms with E-state index >= 15 is 4.79 Å². The second-order valence-corrected chi connectivity index (χ2v) is 16.2. The molecule has 2 fully saturated rings. The number of methoxy groups -OCH3 is 1. The third kappa shape index (κ3) is 7.54. The number of amides is 3. The standard InChI is InChI=1S/C53H45N3O9/c1-33(36-13-6-3-7-14-36)54-52(62)55-43-28-25-35(22-21-34-23-26-40(63-2)27-24-34)31-42(43)53(51(55)61)44(49(58)59)46-50(60)65-47(38-17-10-5-11-18-38)45(37-15-8-4-9-16-37)56(46)48(53)39-19-12-20-41(32-39)64-30-29-57/h3-20,23-28,31-33,44-48,57H,29-30H2,1-2H3,(H,54,62)(H,58,59)/t33-,44-,45-,46?,47+,48+,53?/m1/s1. The fraction of sp³-hybridized carbons (Fsp3) is 0.208. The molecular weight excluding hydrogens is 823 g/mol. The monoisotopic (exact) mass is 867 g/mol. The molecule has 0 aromatic heterocycles. The molecule has 3 aliphatic rings. The molecule has 9 rings (SSSR count). The van der Waals surface area contributed by atoms with Crippen molar-refractivity contribution in [2.75, 3.05) is 25.2 Å². The van der Waals surface area contributed by atoms with Gasteiger partial charge in [-0.2, -0.15) is 0 Å². The average Bonchev–Trinajstić information content (AvgIpc) is 3.80. The van der Waals surface area contributed by atoms with Crippen molar-refractivity contribution < 1.29 is 43.6 Å². The highest BCUT2D eigenvalue weighted by Gasteiger charge is 2.76. The predicted octanol–water partition coefficient (Wildman–Crippen LogP) is 7.69. The number of anilines is 1. The molecule has 3 aliphatic heterocycles. The van der Waals surface area contributed by atoms with Crippen molar-refractivity contribution in [1.29, 1.82) is 0 Å². The molecule has 65 heavy (non-hydrogen) atoms. The third-order valence-electron chi connectivity index (χ3n) is 12.5. The summed E-state index contributed by atoms with van der Waals surface area (Å²) in [6.45, 7) is 1.48. The van der Waals surface area contributed by atoms with Crippen molar-refractivity contribution in [2.24, 2.45) is 5.92 Å². The van der Waals surface area contributed by atoms with Gasteiger partial charge < -0.3 is 29.7 Å². The summed E-state index contributed by atoms with van der Waals surface area (Å²) in [5.41, 5.74) is 1.88. The summed E-state index contributed by atoms with van der Waals surface area (Å²) in [7, 11) is 1.57. The van der Waals surface area contributed by atoms with Crippen LogP contribution < -0.4 is 19.7 Å². The first-order valence-electron chi connectivity index (χ1n) is 21.3. The summed E-state index contributed by atoms with van der Waals surface area (Å²) in [5, 5.41) is 24.4. The predicted molar refractivity (Wildman–Crippen MR) is 241 cm³/mol. The van der Waals surface area contributed by atoms with Crippen LogP contribution in [-0.4, -0.2) is 65.4 Å².